The highest BCUT2D eigenvalue weighted by molar-refractivity contribution is 5.96. The number of alkyl halides is 3. The number of nitrogens with one attached hydrogen (secondary N) is 1. The largest absolute Gasteiger partial charge is 0.416 e. The van der Waals surface area contributed by atoms with Crippen LogP contribution in [0.15, 0.2) is 24.3 Å². The van der Waals surface area contributed by atoms with E-state index in [4.69, 9.17) is 5.73 Å². The Hall–Kier alpha value is -2.13. The number of amides is 3. The molecule has 0 spiro atoms. The van der Waals surface area contributed by atoms with Crippen LogP contribution in [-0.4, -0.2) is 54.0 Å². The molecule has 1 aliphatic heterocycles. The number of benzene rings is 1. The first kappa shape index (κ1) is 19.2. The number of rotatable bonds is 4. The maximum atomic E-state index is 12.6. The van der Waals surface area contributed by atoms with Gasteiger partial charge in [-0.15, -0.1) is 0 Å². The molecule has 1 atom stereocenters. The van der Waals surface area contributed by atoms with Crippen molar-refractivity contribution in [1.82, 2.24) is 15.1 Å². The molecule has 1 saturated heterocycles. The zero-order chi connectivity index (χ0) is 18.6. The second-order valence-electron chi connectivity index (χ2n) is 6.04. The average Bonchev–Trinajstić information content (AvgIpc) is 2.54. The Labute approximate surface area is 143 Å². The molecule has 25 heavy (non-hydrogen) atoms. The monoisotopic (exact) mass is 358 g/mol. The van der Waals surface area contributed by atoms with Gasteiger partial charge in [0.2, 0.25) is 5.91 Å². The molecule has 1 aromatic rings. The average molecular weight is 358 g/mol. The van der Waals surface area contributed by atoms with Crippen molar-refractivity contribution in [3.63, 3.8) is 0 Å². The molecule has 0 aromatic heterocycles. The van der Waals surface area contributed by atoms with Crippen molar-refractivity contribution < 1.29 is 22.8 Å². The van der Waals surface area contributed by atoms with Crippen molar-refractivity contribution in [2.24, 2.45) is 5.73 Å². The number of primary amides is 1. The van der Waals surface area contributed by atoms with Gasteiger partial charge in [0.1, 0.15) is 0 Å². The van der Waals surface area contributed by atoms with Gasteiger partial charge in [-0.1, -0.05) is 12.1 Å². The molecule has 1 heterocycles. The van der Waals surface area contributed by atoms with Gasteiger partial charge in [0, 0.05) is 32.7 Å². The normalized spacial score (nSPS) is 17.9. The summed E-state index contributed by atoms with van der Waals surface area (Å²) in [5.41, 5.74) is 5.09. The maximum Gasteiger partial charge on any atom is 0.416 e. The smallest absolute Gasteiger partial charge is 0.351 e. The van der Waals surface area contributed by atoms with E-state index in [1.54, 1.807) is 6.92 Å². The van der Waals surface area contributed by atoms with Crippen molar-refractivity contribution in [3.05, 3.63) is 35.4 Å². The van der Waals surface area contributed by atoms with Crippen molar-refractivity contribution in [1.29, 1.82) is 0 Å². The second kappa shape index (κ2) is 7.83. The fourth-order valence-electron chi connectivity index (χ4n) is 2.76. The fourth-order valence-corrected chi connectivity index (χ4v) is 2.76. The van der Waals surface area contributed by atoms with Crippen LogP contribution in [0.2, 0.25) is 0 Å². The number of hydrogen-bond acceptors (Lipinski definition) is 4. The number of piperazine rings is 1. The van der Waals surface area contributed by atoms with Crippen molar-refractivity contribution in [2.75, 3.05) is 26.2 Å². The van der Waals surface area contributed by atoms with E-state index in [2.05, 4.69) is 10.2 Å². The number of carbonyl (C=O) groups excluding carboxylic acids is 2. The molecule has 0 radical (unpaired) electrons. The van der Waals surface area contributed by atoms with Gasteiger partial charge in [-0.3, -0.25) is 19.9 Å². The molecule has 9 heteroatoms. The van der Waals surface area contributed by atoms with Crippen LogP contribution >= 0.6 is 0 Å². The molecule has 0 saturated carbocycles. The van der Waals surface area contributed by atoms with Crippen LogP contribution in [0.25, 0.3) is 0 Å². The van der Waals surface area contributed by atoms with Crippen LogP contribution in [0.1, 0.15) is 18.1 Å². The maximum absolute atomic E-state index is 12.6. The van der Waals surface area contributed by atoms with E-state index in [9.17, 15) is 22.8 Å². The minimum Gasteiger partial charge on any atom is -0.351 e. The van der Waals surface area contributed by atoms with Crippen LogP contribution < -0.4 is 11.1 Å². The Bertz CT molecular complexity index is 611. The van der Waals surface area contributed by atoms with Gasteiger partial charge in [0.15, 0.2) is 0 Å². The highest BCUT2D eigenvalue weighted by Crippen LogP contribution is 2.29. The first-order valence-electron chi connectivity index (χ1n) is 7.89. The zero-order valence-electron chi connectivity index (χ0n) is 13.8. The predicted molar refractivity (Wildman–Crippen MR) is 85.5 cm³/mol. The lowest BCUT2D eigenvalue weighted by Crippen LogP contribution is -2.54. The molecule has 1 aliphatic rings. The SMILES string of the molecule is C[C@@H](C(=O)NC(N)=O)N1CCN(Cc2ccc(C(F)(F)F)cc2)CC1. The number of nitrogens with two attached hydrogens (primary N) is 1. The second-order valence-corrected chi connectivity index (χ2v) is 6.04. The number of carbonyl (C=O) groups is 2. The van der Waals surface area contributed by atoms with Crippen LogP contribution in [0.4, 0.5) is 18.0 Å². The number of halogens is 3. The Balaban J connectivity index is 1.84. The van der Waals surface area contributed by atoms with Crippen molar-refractivity contribution >= 4 is 11.9 Å². The number of imide groups is 1. The summed E-state index contributed by atoms with van der Waals surface area (Å²) in [5.74, 6) is -0.441. The van der Waals surface area contributed by atoms with Gasteiger partial charge in [-0.05, 0) is 24.6 Å². The summed E-state index contributed by atoms with van der Waals surface area (Å²) in [6.07, 6.45) is -4.33. The lowest BCUT2D eigenvalue weighted by atomic mass is 10.1. The minimum atomic E-state index is -4.33. The molecule has 3 N–H and O–H groups in total. The van der Waals surface area contributed by atoms with Gasteiger partial charge in [0.05, 0.1) is 11.6 Å². The highest BCUT2D eigenvalue weighted by Gasteiger charge is 2.30. The Kier molecular flexibility index (Phi) is 6.02. The summed E-state index contributed by atoms with van der Waals surface area (Å²) in [4.78, 5) is 26.6. The highest BCUT2D eigenvalue weighted by atomic mass is 19.4. The molecular formula is C16H21F3N4O2. The molecule has 1 aromatic carbocycles. The summed E-state index contributed by atoms with van der Waals surface area (Å²) in [5, 5.41) is 2.06. The van der Waals surface area contributed by atoms with E-state index in [-0.39, 0.29) is 0 Å². The Morgan fingerprint density at radius 3 is 2.20 bits per heavy atom. The third-order valence-electron chi connectivity index (χ3n) is 4.27. The summed E-state index contributed by atoms with van der Waals surface area (Å²) >= 11 is 0. The number of urea groups is 1. The number of nitrogens with zero attached hydrogens (tertiary/aromatic N) is 2. The molecule has 2 rings (SSSR count). The lowest BCUT2D eigenvalue weighted by Gasteiger charge is -2.37. The quantitative estimate of drug-likeness (QED) is 0.853. The lowest BCUT2D eigenvalue weighted by molar-refractivity contribution is -0.137. The van der Waals surface area contributed by atoms with Crippen LogP contribution in [0.3, 0.4) is 0 Å². The molecule has 6 nitrogen and oxygen atoms in total. The van der Waals surface area contributed by atoms with Crippen molar-refractivity contribution in [3.8, 4) is 0 Å². The third kappa shape index (κ3) is 5.43. The van der Waals surface area contributed by atoms with Gasteiger partial charge >= 0.3 is 12.2 Å². The van der Waals surface area contributed by atoms with Gasteiger partial charge in [-0.25, -0.2) is 4.79 Å². The predicted octanol–water partition coefficient (Wildman–Crippen LogP) is 1.41. The molecule has 3 amide bonds. The molecule has 1 fully saturated rings. The molecule has 138 valence electrons. The van der Waals surface area contributed by atoms with Gasteiger partial charge < -0.3 is 5.73 Å². The van der Waals surface area contributed by atoms with E-state index in [0.29, 0.717) is 32.7 Å². The molecule has 0 aliphatic carbocycles. The first-order chi connectivity index (χ1) is 11.7. The summed E-state index contributed by atoms with van der Waals surface area (Å²) in [7, 11) is 0. The van der Waals surface area contributed by atoms with E-state index >= 15 is 0 Å². The fraction of sp³-hybridized carbons (Fsp3) is 0.500. The van der Waals surface area contributed by atoms with E-state index in [0.717, 1.165) is 17.7 Å². The van der Waals surface area contributed by atoms with Crippen LogP contribution in [0, 0.1) is 0 Å². The Morgan fingerprint density at radius 2 is 1.72 bits per heavy atom. The van der Waals surface area contributed by atoms with Crippen LogP contribution in [-0.2, 0) is 17.5 Å². The van der Waals surface area contributed by atoms with Gasteiger partial charge in [-0.2, -0.15) is 13.2 Å². The summed E-state index contributed by atoms with van der Waals surface area (Å²) in [6, 6.07) is 3.79. The first-order valence-corrected chi connectivity index (χ1v) is 7.89. The van der Waals surface area contributed by atoms with E-state index < -0.39 is 29.7 Å². The third-order valence-corrected chi connectivity index (χ3v) is 4.27. The van der Waals surface area contributed by atoms with Crippen molar-refractivity contribution in [2.45, 2.75) is 25.7 Å². The molecular weight excluding hydrogens is 337 g/mol. The molecule has 0 unspecified atom stereocenters. The zero-order valence-corrected chi connectivity index (χ0v) is 13.8. The van der Waals surface area contributed by atoms with Crippen LogP contribution in [0.5, 0.6) is 0 Å². The molecule has 0 bridgehead atoms. The Morgan fingerprint density at radius 1 is 1.16 bits per heavy atom. The summed E-state index contributed by atoms with van der Waals surface area (Å²) < 4.78 is 37.7. The number of hydrogen-bond donors (Lipinski definition) is 2. The van der Waals surface area contributed by atoms with Gasteiger partial charge in [0.25, 0.3) is 0 Å². The standard InChI is InChI=1S/C16H21F3N4O2/c1-11(14(24)21-15(20)25)23-8-6-22(7-9-23)10-12-2-4-13(5-3-12)16(17,18)19/h2-5,11H,6-10H2,1H3,(H3,20,21,24,25)/t11-/m0/s1. The minimum absolute atomic E-state index is 0.441. The topological polar surface area (TPSA) is 78.7 Å². The van der Waals surface area contributed by atoms with E-state index in [1.807, 2.05) is 4.90 Å². The van der Waals surface area contributed by atoms with E-state index in [1.165, 1.54) is 12.1 Å². The summed E-state index contributed by atoms with van der Waals surface area (Å²) in [6.45, 7) is 4.84.